The summed E-state index contributed by atoms with van der Waals surface area (Å²) < 4.78 is 10.5. The number of carbonyl (C=O) groups is 2. The van der Waals surface area contributed by atoms with E-state index in [2.05, 4.69) is 21.2 Å². The molecule has 0 unspecified atom stereocenters. The average molecular weight is 456 g/mol. The summed E-state index contributed by atoms with van der Waals surface area (Å²) in [6, 6.07) is 13.4. The van der Waals surface area contributed by atoms with Gasteiger partial charge >= 0.3 is 12.2 Å². The zero-order valence-corrected chi connectivity index (χ0v) is 17.3. The molecule has 2 rings (SSSR count). The van der Waals surface area contributed by atoms with Crippen molar-refractivity contribution in [3.05, 3.63) is 53.6 Å². The maximum absolute atomic E-state index is 12.6. The zero-order valence-electron chi connectivity index (χ0n) is 14.9. The van der Waals surface area contributed by atoms with Crippen molar-refractivity contribution in [2.24, 2.45) is 0 Å². The highest BCUT2D eigenvalue weighted by atomic mass is 79.9. The Kier molecular flexibility index (Phi) is 7.94. The number of hydrogen-bond donors (Lipinski definition) is 1. The quantitative estimate of drug-likeness (QED) is 0.568. The Hall–Kier alpha value is -2.25. The van der Waals surface area contributed by atoms with Crippen molar-refractivity contribution < 1.29 is 19.1 Å². The molecule has 6 nitrogen and oxygen atoms in total. The second-order valence-electron chi connectivity index (χ2n) is 5.79. The molecule has 1 N–H and O–H groups in total. The molecule has 2 amide bonds. The van der Waals surface area contributed by atoms with E-state index in [1.54, 1.807) is 62.4 Å². The predicted molar refractivity (Wildman–Crippen MR) is 110 cm³/mol. The lowest BCUT2D eigenvalue weighted by molar-refractivity contribution is 0.130. The fourth-order valence-corrected chi connectivity index (χ4v) is 2.67. The van der Waals surface area contributed by atoms with E-state index < -0.39 is 12.2 Å². The third-order valence-electron chi connectivity index (χ3n) is 3.30. The molecule has 0 aliphatic carbocycles. The van der Waals surface area contributed by atoms with Crippen LogP contribution >= 0.6 is 27.5 Å². The molecule has 0 saturated heterocycles. The average Bonchev–Trinajstić information content (AvgIpc) is 2.60. The number of rotatable bonds is 6. The number of nitrogens with zero attached hydrogens (tertiary/aromatic N) is 1. The third kappa shape index (κ3) is 6.77. The zero-order chi connectivity index (χ0) is 19.8. The minimum absolute atomic E-state index is 0.233. The van der Waals surface area contributed by atoms with E-state index in [0.717, 1.165) is 0 Å². The second kappa shape index (κ2) is 10.2. The topological polar surface area (TPSA) is 67.9 Å². The Morgan fingerprint density at radius 3 is 2.52 bits per heavy atom. The summed E-state index contributed by atoms with van der Waals surface area (Å²) in [7, 11) is 0. The molecule has 0 saturated carbocycles. The molecule has 0 aromatic heterocycles. The van der Waals surface area contributed by atoms with Gasteiger partial charge in [0.25, 0.3) is 0 Å². The molecule has 2 aromatic carbocycles. The van der Waals surface area contributed by atoms with Gasteiger partial charge < -0.3 is 9.47 Å². The van der Waals surface area contributed by atoms with Crippen LogP contribution in [0.4, 0.5) is 21.0 Å². The molecule has 0 bridgehead atoms. The minimum atomic E-state index is -0.574. The van der Waals surface area contributed by atoms with Gasteiger partial charge in [0, 0.05) is 34.3 Å². The van der Waals surface area contributed by atoms with Crippen molar-refractivity contribution in [3.8, 4) is 5.75 Å². The fraction of sp³-hybridized carbons (Fsp3) is 0.263. The molecule has 0 aliphatic rings. The van der Waals surface area contributed by atoms with E-state index in [0.29, 0.717) is 34.0 Å². The minimum Gasteiger partial charge on any atom is -0.447 e. The van der Waals surface area contributed by atoms with E-state index in [1.165, 1.54) is 4.90 Å². The number of hydrogen-bond acceptors (Lipinski definition) is 4. The van der Waals surface area contributed by atoms with Crippen LogP contribution < -0.4 is 15.0 Å². The van der Waals surface area contributed by atoms with Crippen molar-refractivity contribution in [2.75, 3.05) is 22.1 Å². The molecule has 27 heavy (non-hydrogen) atoms. The van der Waals surface area contributed by atoms with Crippen LogP contribution in [0.3, 0.4) is 0 Å². The Morgan fingerprint density at radius 2 is 1.89 bits per heavy atom. The summed E-state index contributed by atoms with van der Waals surface area (Å²) in [5, 5.41) is 3.75. The summed E-state index contributed by atoms with van der Waals surface area (Å²) in [6.07, 6.45) is -1.35. The van der Waals surface area contributed by atoms with Crippen LogP contribution in [-0.2, 0) is 4.74 Å². The first-order valence-electron chi connectivity index (χ1n) is 8.27. The van der Waals surface area contributed by atoms with E-state index in [9.17, 15) is 9.59 Å². The summed E-state index contributed by atoms with van der Waals surface area (Å²) in [5.41, 5.74) is 1.13. The molecule has 8 heteroatoms. The van der Waals surface area contributed by atoms with Crippen LogP contribution in [0, 0.1) is 0 Å². The van der Waals surface area contributed by atoms with Gasteiger partial charge in [0.15, 0.2) is 0 Å². The smallest absolute Gasteiger partial charge is 0.419 e. The molecule has 0 aliphatic heterocycles. The fourth-order valence-electron chi connectivity index (χ4n) is 2.19. The molecule has 0 radical (unpaired) electrons. The highest BCUT2D eigenvalue weighted by molar-refractivity contribution is 9.09. The van der Waals surface area contributed by atoms with Gasteiger partial charge in [0.2, 0.25) is 0 Å². The number of ether oxygens (including phenoxy) is 2. The number of carbonyl (C=O) groups excluding carboxylic acids is 2. The molecule has 144 valence electrons. The lowest BCUT2D eigenvalue weighted by atomic mass is 10.3. The maximum Gasteiger partial charge on any atom is 0.419 e. The van der Waals surface area contributed by atoms with Crippen LogP contribution in [0.25, 0.3) is 0 Å². The monoisotopic (exact) mass is 454 g/mol. The number of anilines is 2. The standard InChI is InChI=1S/C19H20BrClN2O4/c1-13(2)26-18(24)22-15-4-3-5-17(12-15)27-19(25)23(11-10-20)16-8-6-14(21)7-9-16/h3-9,12-13H,10-11H2,1-2H3,(H,22,24). The number of alkyl halides is 1. The number of nitrogens with one attached hydrogen (secondary N) is 1. The summed E-state index contributed by atoms with van der Waals surface area (Å²) in [6.45, 7) is 3.93. The molecular weight excluding hydrogens is 436 g/mol. The van der Waals surface area contributed by atoms with Crippen LogP contribution in [-0.4, -0.2) is 30.2 Å². The largest absolute Gasteiger partial charge is 0.447 e. The van der Waals surface area contributed by atoms with Gasteiger partial charge in [0.05, 0.1) is 6.10 Å². The first kappa shape index (κ1) is 21.1. The van der Waals surface area contributed by atoms with Crippen molar-refractivity contribution >= 4 is 51.1 Å². The molecular formula is C19H20BrClN2O4. The maximum atomic E-state index is 12.6. The summed E-state index contributed by atoms with van der Waals surface area (Å²) in [4.78, 5) is 25.8. The first-order valence-corrected chi connectivity index (χ1v) is 9.77. The number of halogens is 2. The molecule has 0 atom stereocenters. The van der Waals surface area contributed by atoms with Crippen molar-refractivity contribution in [2.45, 2.75) is 20.0 Å². The van der Waals surface area contributed by atoms with Gasteiger partial charge in [-0.25, -0.2) is 9.59 Å². The van der Waals surface area contributed by atoms with Gasteiger partial charge in [-0.15, -0.1) is 0 Å². The first-order chi connectivity index (χ1) is 12.9. The van der Waals surface area contributed by atoms with Gasteiger partial charge in [0.1, 0.15) is 5.75 Å². The van der Waals surface area contributed by atoms with E-state index in [4.69, 9.17) is 21.1 Å². The molecule has 2 aromatic rings. The lowest BCUT2D eigenvalue weighted by Gasteiger charge is -2.21. The van der Waals surface area contributed by atoms with Crippen molar-refractivity contribution in [1.82, 2.24) is 0 Å². The molecule has 0 fully saturated rings. The molecule has 0 heterocycles. The SMILES string of the molecule is CC(C)OC(=O)Nc1cccc(OC(=O)N(CCBr)c2ccc(Cl)cc2)c1. The van der Waals surface area contributed by atoms with Crippen molar-refractivity contribution in [3.63, 3.8) is 0 Å². The highest BCUT2D eigenvalue weighted by Gasteiger charge is 2.18. The normalized spacial score (nSPS) is 10.4. The van der Waals surface area contributed by atoms with E-state index >= 15 is 0 Å². The van der Waals surface area contributed by atoms with Gasteiger partial charge in [-0.1, -0.05) is 33.6 Å². The highest BCUT2D eigenvalue weighted by Crippen LogP contribution is 2.22. The Bertz CT molecular complexity index is 784. The van der Waals surface area contributed by atoms with E-state index in [-0.39, 0.29) is 6.10 Å². The van der Waals surface area contributed by atoms with Crippen LogP contribution in [0.2, 0.25) is 5.02 Å². The summed E-state index contributed by atoms with van der Waals surface area (Å²) >= 11 is 9.24. The third-order valence-corrected chi connectivity index (χ3v) is 3.90. The van der Waals surface area contributed by atoms with Crippen LogP contribution in [0.15, 0.2) is 48.5 Å². The van der Waals surface area contributed by atoms with E-state index in [1.807, 2.05) is 0 Å². The van der Waals surface area contributed by atoms with Gasteiger partial charge in [-0.05, 0) is 50.2 Å². The number of benzene rings is 2. The van der Waals surface area contributed by atoms with Crippen molar-refractivity contribution in [1.29, 1.82) is 0 Å². The van der Waals surface area contributed by atoms with Crippen LogP contribution in [0.5, 0.6) is 5.75 Å². The summed E-state index contributed by atoms with van der Waals surface area (Å²) in [5.74, 6) is 0.302. The number of amides is 2. The van der Waals surface area contributed by atoms with Crippen LogP contribution in [0.1, 0.15) is 13.8 Å². The Balaban J connectivity index is 2.09. The predicted octanol–water partition coefficient (Wildman–Crippen LogP) is 5.70. The van der Waals surface area contributed by atoms with Gasteiger partial charge in [-0.3, -0.25) is 10.2 Å². The Labute approximate surface area is 171 Å². The second-order valence-corrected chi connectivity index (χ2v) is 7.02. The Morgan fingerprint density at radius 1 is 1.19 bits per heavy atom. The van der Waals surface area contributed by atoms with Gasteiger partial charge in [-0.2, -0.15) is 0 Å². The lowest BCUT2D eigenvalue weighted by Crippen LogP contribution is -2.35. The molecule has 0 spiro atoms.